The number of ether oxygens (including phenoxy) is 2. The first-order valence-corrected chi connectivity index (χ1v) is 33.3. The van der Waals surface area contributed by atoms with E-state index in [0.717, 1.165) is 19.3 Å². The summed E-state index contributed by atoms with van der Waals surface area (Å²) < 4.78 is 10.6. The van der Waals surface area contributed by atoms with Crippen molar-refractivity contribution in [3.8, 4) is 0 Å². The Morgan fingerprint density at radius 3 is 0.849 bits per heavy atom. The molecule has 0 aromatic rings. The highest BCUT2D eigenvalue weighted by Gasteiger charge is 2.36. The number of aliphatic hydroxyl groups is 2. The molecule has 0 bridgehead atoms. The molecule has 1 aliphatic heterocycles. The molecule has 6 heteroatoms. The van der Waals surface area contributed by atoms with Crippen molar-refractivity contribution in [2.45, 2.75) is 366 Å². The molecular weight excluding hydrogens is 901 g/mol. The average Bonchev–Trinajstić information content (AvgIpc) is 3.46. The zero-order chi connectivity index (χ0) is 52.5. The van der Waals surface area contributed by atoms with Gasteiger partial charge >= 0.3 is 11.9 Å². The first-order chi connectivity index (χ1) is 36.1. The van der Waals surface area contributed by atoms with E-state index >= 15 is 0 Å². The fourth-order valence-corrected chi connectivity index (χ4v) is 11.1. The van der Waals surface area contributed by atoms with Crippen molar-refractivity contribution in [2.75, 3.05) is 26.4 Å². The molecule has 6 nitrogen and oxygen atoms in total. The van der Waals surface area contributed by atoms with Gasteiger partial charge in [0.15, 0.2) is 0 Å². The van der Waals surface area contributed by atoms with Crippen molar-refractivity contribution in [3.63, 3.8) is 0 Å². The van der Waals surface area contributed by atoms with E-state index in [4.69, 9.17) is 9.47 Å². The maximum Gasteiger partial charge on any atom is 0.309 e. The van der Waals surface area contributed by atoms with Gasteiger partial charge in [-0.05, 0) is 32.1 Å². The van der Waals surface area contributed by atoms with Crippen LogP contribution >= 0.6 is 0 Å². The maximum absolute atomic E-state index is 12.5. The second-order valence-corrected chi connectivity index (χ2v) is 23.9. The smallest absolute Gasteiger partial charge is 0.309 e. The summed E-state index contributed by atoms with van der Waals surface area (Å²) in [6.45, 7) is 1.21. The molecule has 0 spiro atoms. The monoisotopic (exact) mass is 1030 g/mol. The predicted molar refractivity (Wildman–Crippen MR) is 315 cm³/mol. The van der Waals surface area contributed by atoms with E-state index in [9.17, 15) is 19.8 Å². The summed E-state index contributed by atoms with van der Waals surface area (Å²) in [5.74, 6) is -1.40. The second-order valence-electron chi connectivity index (χ2n) is 23.9. The minimum absolute atomic E-state index is 0.00475. The predicted octanol–water partition coefficient (Wildman–Crippen LogP) is 21.1. The molecule has 1 saturated heterocycles. The average molecular weight is 1030 g/mol. The van der Waals surface area contributed by atoms with Crippen molar-refractivity contribution in [1.82, 2.24) is 0 Å². The molecule has 0 amide bonds. The van der Waals surface area contributed by atoms with Gasteiger partial charge in [-0.3, -0.25) is 9.59 Å². The van der Waals surface area contributed by atoms with Gasteiger partial charge in [0.1, 0.15) is 13.2 Å². The van der Waals surface area contributed by atoms with Gasteiger partial charge in [-0.15, -0.1) is 0 Å². The Morgan fingerprint density at radius 1 is 0.356 bits per heavy atom. The second kappa shape index (κ2) is 56.8. The van der Waals surface area contributed by atoms with E-state index in [-0.39, 0.29) is 19.6 Å². The van der Waals surface area contributed by atoms with Crippen LogP contribution in [0.1, 0.15) is 366 Å². The van der Waals surface area contributed by atoms with Crippen molar-refractivity contribution < 1.29 is 29.3 Å². The first-order valence-electron chi connectivity index (χ1n) is 33.3. The highest BCUT2D eigenvalue weighted by molar-refractivity contribution is 5.80. The van der Waals surface area contributed by atoms with Crippen molar-refractivity contribution >= 4 is 11.9 Å². The van der Waals surface area contributed by atoms with Gasteiger partial charge in [-0.2, -0.15) is 0 Å². The Morgan fingerprint density at radius 2 is 0.589 bits per heavy atom. The lowest BCUT2D eigenvalue weighted by molar-refractivity contribution is -0.155. The van der Waals surface area contributed by atoms with E-state index in [1.165, 1.54) is 327 Å². The number of allylic oxidation sites excluding steroid dienone is 2. The molecular formula is C67H128O6. The van der Waals surface area contributed by atoms with Crippen LogP contribution in [0.2, 0.25) is 0 Å². The molecule has 0 aromatic carbocycles. The topological polar surface area (TPSA) is 93.1 Å². The van der Waals surface area contributed by atoms with Gasteiger partial charge in [-0.1, -0.05) is 340 Å². The van der Waals surface area contributed by atoms with Crippen LogP contribution in [0.25, 0.3) is 0 Å². The molecule has 0 aromatic heterocycles. The standard InChI is InChI=1S/C67H128O6/c1-2-3-4-5-6-7-8-9-10-11-12-13-14-15-16-17-18-19-20-21-22-23-24-25-26-27-28-29-30-31-32-33-34-35-36-37-38-39-40-41-42-43-44-45-46-47-48-49-50-51-52-53-54-55-56-57-58-64-59-65(70)72-62-67(60-68,61-69)63-73-66(64)71/h26-27,64,68-69H,2-25,28-63H2,1H3/b27-26+. The van der Waals surface area contributed by atoms with E-state index in [1.54, 1.807) is 0 Å². The van der Waals surface area contributed by atoms with Crippen LogP contribution in [-0.2, 0) is 19.1 Å². The number of unbranched alkanes of at least 4 members (excludes halogenated alkanes) is 52. The van der Waals surface area contributed by atoms with E-state index < -0.39 is 36.5 Å². The maximum atomic E-state index is 12.5. The Bertz CT molecular complexity index is 1150. The highest BCUT2D eigenvalue weighted by atomic mass is 16.6. The van der Waals surface area contributed by atoms with Crippen LogP contribution in [0.15, 0.2) is 12.2 Å². The fourth-order valence-electron chi connectivity index (χ4n) is 11.1. The quantitative estimate of drug-likeness (QED) is 0.0358. The molecule has 432 valence electrons. The van der Waals surface area contributed by atoms with E-state index in [0.29, 0.717) is 6.42 Å². The first kappa shape index (κ1) is 69.6. The summed E-state index contributed by atoms with van der Waals surface area (Å²) >= 11 is 0. The third-order valence-electron chi connectivity index (χ3n) is 16.5. The lowest BCUT2D eigenvalue weighted by Gasteiger charge is -2.27. The largest absolute Gasteiger partial charge is 0.465 e. The number of carbonyl (C=O) groups is 2. The van der Waals surface area contributed by atoms with Gasteiger partial charge in [-0.25, -0.2) is 0 Å². The molecule has 1 heterocycles. The summed E-state index contributed by atoms with van der Waals surface area (Å²) in [5.41, 5.74) is -1.12. The van der Waals surface area contributed by atoms with Gasteiger partial charge in [0.05, 0.1) is 31.0 Å². The van der Waals surface area contributed by atoms with Crippen LogP contribution < -0.4 is 0 Å². The number of esters is 2. The van der Waals surface area contributed by atoms with Gasteiger partial charge < -0.3 is 19.7 Å². The zero-order valence-electron chi connectivity index (χ0n) is 49.2. The molecule has 1 rings (SSSR count). The van der Waals surface area contributed by atoms with Gasteiger partial charge in [0, 0.05) is 0 Å². The number of cyclic esters (lactones) is 2. The molecule has 2 N–H and O–H groups in total. The third kappa shape index (κ3) is 48.7. The molecule has 0 aliphatic carbocycles. The third-order valence-corrected chi connectivity index (χ3v) is 16.5. The number of carbonyl (C=O) groups excluding carboxylic acids is 2. The minimum Gasteiger partial charge on any atom is -0.465 e. The van der Waals surface area contributed by atoms with E-state index in [2.05, 4.69) is 19.1 Å². The molecule has 1 unspecified atom stereocenters. The SMILES string of the molecule is CCCCCCCCCCCCCCCCCCCCCCCCC/C=C/CCCCCCCCCCCCCCCCCCCCCCCCCCCCCCCC1CC(=O)OCC(CO)(CO)COC1=O. The van der Waals surface area contributed by atoms with Gasteiger partial charge in [0.2, 0.25) is 0 Å². The summed E-state index contributed by atoms with van der Waals surface area (Å²) in [7, 11) is 0. The number of hydrogen-bond acceptors (Lipinski definition) is 6. The summed E-state index contributed by atoms with van der Waals surface area (Å²) in [4.78, 5) is 24.7. The van der Waals surface area contributed by atoms with Crippen LogP contribution in [-0.4, -0.2) is 48.6 Å². The lowest BCUT2D eigenvalue weighted by Crippen LogP contribution is -2.40. The highest BCUT2D eigenvalue weighted by Crippen LogP contribution is 2.25. The summed E-state index contributed by atoms with van der Waals surface area (Å²) in [6.07, 6.45) is 81.6. The van der Waals surface area contributed by atoms with Crippen LogP contribution in [0.4, 0.5) is 0 Å². The van der Waals surface area contributed by atoms with Crippen LogP contribution in [0.3, 0.4) is 0 Å². The Balaban J connectivity index is 1.68. The number of rotatable bonds is 58. The molecule has 1 aliphatic rings. The van der Waals surface area contributed by atoms with Crippen LogP contribution in [0.5, 0.6) is 0 Å². The van der Waals surface area contributed by atoms with Crippen molar-refractivity contribution in [2.24, 2.45) is 11.3 Å². The minimum atomic E-state index is -1.12. The molecule has 0 saturated carbocycles. The van der Waals surface area contributed by atoms with Gasteiger partial charge in [0.25, 0.3) is 0 Å². The summed E-state index contributed by atoms with van der Waals surface area (Å²) in [5, 5.41) is 19.2. The molecule has 73 heavy (non-hydrogen) atoms. The molecule has 1 fully saturated rings. The number of aliphatic hydroxyl groups excluding tert-OH is 2. The van der Waals surface area contributed by atoms with E-state index in [1.807, 2.05) is 0 Å². The Labute approximate surface area is 455 Å². The molecule has 0 radical (unpaired) electrons. The Kier molecular flexibility index (Phi) is 54.2. The van der Waals surface area contributed by atoms with Crippen LogP contribution in [0, 0.1) is 11.3 Å². The zero-order valence-corrected chi connectivity index (χ0v) is 49.2. The number of hydrogen-bond donors (Lipinski definition) is 2. The van der Waals surface area contributed by atoms with Crippen molar-refractivity contribution in [1.29, 1.82) is 0 Å². The fraction of sp³-hybridized carbons (Fsp3) is 0.940. The van der Waals surface area contributed by atoms with Crippen molar-refractivity contribution in [3.05, 3.63) is 12.2 Å². The normalized spacial score (nSPS) is 15.2. The lowest BCUT2D eigenvalue weighted by atomic mass is 9.92. The molecule has 1 atom stereocenters. The summed E-state index contributed by atoms with van der Waals surface area (Å²) in [6, 6.07) is 0. The Hall–Kier alpha value is -1.40.